The molecule has 180 valence electrons. The number of esters is 1. The van der Waals surface area contributed by atoms with Crippen molar-refractivity contribution in [2.75, 3.05) is 0 Å². The summed E-state index contributed by atoms with van der Waals surface area (Å²) < 4.78 is 6.00. The van der Waals surface area contributed by atoms with Gasteiger partial charge in [-0.2, -0.15) is 0 Å². The van der Waals surface area contributed by atoms with Gasteiger partial charge in [-0.05, 0) is 97.2 Å². The van der Waals surface area contributed by atoms with E-state index in [1.54, 1.807) is 5.57 Å². The van der Waals surface area contributed by atoms with Crippen molar-refractivity contribution in [3.05, 3.63) is 11.6 Å². The topological polar surface area (TPSA) is 26.3 Å². The number of allylic oxidation sites excluding steroid dienone is 1. The van der Waals surface area contributed by atoms with Gasteiger partial charge in [0.2, 0.25) is 0 Å². The second-order valence-electron chi connectivity index (χ2n) is 13.6. The third kappa shape index (κ3) is 3.20. The summed E-state index contributed by atoms with van der Waals surface area (Å²) in [7, 11) is 0. The van der Waals surface area contributed by atoms with E-state index in [2.05, 4.69) is 47.6 Å². The Bertz CT molecular complexity index is 782. The molecule has 6 unspecified atom stereocenters. The van der Waals surface area contributed by atoms with Crippen LogP contribution in [0.15, 0.2) is 11.6 Å². The highest BCUT2D eigenvalue weighted by molar-refractivity contribution is 5.70. The summed E-state index contributed by atoms with van der Waals surface area (Å²) in [5.41, 5.74) is 3.00. The van der Waals surface area contributed by atoms with Crippen LogP contribution >= 0.6 is 0 Å². The van der Waals surface area contributed by atoms with Gasteiger partial charge in [0, 0.05) is 12.3 Å². The van der Waals surface area contributed by atoms with Gasteiger partial charge >= 0.3 is 5.97 Å². The monoisotopic (exact) mass is 440 g/mol. The van der Waals surface area contributed by atoms with Crippen LogP contribution in [0.4, 0.5) is 0 Å². The predicted molar refractivity (Wildman–Crippen MR) is 131 cm³/mol. The van der Waals surface area contributed by atoms with Crippen LogP contribution < -0.4 is 0 Å². The average Bonchev–Trinajstić information content (AvgIpc) is 3.10. The molecule has 32 heavy (non-hydrogen) atoms. The van der Waals surface area contributed by atoms with Crippen molar-refractivity contribution < 1.29 is 9.53 Å². The maximum atomic E-state index is 12.4. The largest absolute Gasteiger partial charge is 0.462 e. The first-order chi connectivity index (χ1) is 15.1. The van der Waals surface area contributed by atoms with E-state index in [1.165, 1.54) is 57.8 Å². The van der Waals surface area contributed by atoms with Crippen LogP contribution in [-0.4, -0.2) is 12.1 Å². The van der Waals surface area contributed by atoms with E-state index in [9.17, 15) is 4.79 Å². The molecule has 9 atom stereocenters. The van der Waals surface area contributed by atoms with Gasteiger partial charge in [-0.3, -0.25) is 4.79 Å². The highest BCUT2D eigenvalue weighted by Crippen LogP contribution is 2.72. The van der Waals surface area contributed by atoms with Crippen molar-refractivity contribution in [3.8, 4) is 0 Å². The Morgan fingerprint density at radius 1 is 0.938 bits per heavy atom. The predicted octanol–water partition coefficient (Wildman–Crippen LogP) is 7.96. The molecule has 1 heterocycles. The molecule has 0 spiro atoms. The third-order valence-electron chi connectivity index (χ3n) is 12.3. The zero-order valence-corrected chi connectivity index (χ0v) is 21.7. The van der Waals surface area contributed by atoms with Crippen LogP contribution in [0.5, 0.6) is 0 Å². The van der Waals surface area contributed by atoms with Gasteiger partial charge in [0.05, 0.1) is 0 Å². The van der Waals surface area contributed by atoms with Gasteiger partial charge < -0.3 is 4.74 Å². The summed E-state index contributed by atoms with van der Waals surface area (Å²) in [5.74, 6) is 4.04. The molecule has 2 heteroatoms. The molecular formula is C30H48O2. The van der Waals surface area contributed by atoms with E-state index >= 15 is 0 Å². The summed E-state index contributed by atoms with van der Waals surface area (Å²) in [5, 5.41) is 0. The van der Waals surface area contributed by atoms with Crippen LogP contribution in [-0.2, 0) is 9.53 Å². The van der Waals surface area contributed by atoms with E-state index in [4.69, 9.17) is 4.74 Å². The summed E-state index contributed by atoms with van der Waals surface area (Å²) in [6, 6.07) is 0. The number of cyclic esters (lactones) is 1. The van der Waals surface area contributed by atoms with E-state index in [1.807, 2.05) is 0 Å². The third-order valence-corrected chi connectivity index (χ3v) is 12.3. The molecule has 0 aromatic heterocycles. The number of rotatable bonds is 3. The lowest BCUT2D eigenvalue weighted by Gasteiger charge is -2.66. The summed E-state index contributed by atoms with van der Waals surface area (Å²) in [6.45, 7) is 14.9. The Hall–Kier alpha value is -0.790. The first-order valence-electron chi connectivity index (χ1n) is 14.0. The maximum absolute atomic E-state index is 12.4. The lowest BCUT2D eigenvalue weighted by molar-refractivity contribution is -0.169. The smallest absolute Gasteiger partial charge is 0.306 e. The zero-order chi connectivity index (χ0) is 22.9. The fourth-order valence-corrected chi connectivity index (χ4v) is 9.86. The molecule has 0 bridgehead atoms. The molecular weight excluding hydrogens is 392 g/mol. The van der Waals surface area contributed by atoms with Crippen LogP contribution in [0.2, 0.25) is 0 Å². The molecule has 0 radical (unpaired) electrons. The molecule has 5 rings (SSSR count). The number of hydrogen-bond donors (Lipinski definition) is 0. The Kier molecular flexibility index (Phi) is 5.65. The van der Waals surface area contributed by atoms with Crippen molar-refractivity contribution in [2.24, 2.45) is 51.8 Å². The Morgan fingerprint density at radius 2 is 1.72 bits per heavy atom. The number of fused-ring (bicyclic) bond motifs is 5. The van der Waals surface area contributed by atoms with Crippen molar-refractivity contribution in [1.29, 1.82) is 0 Å². The number of carbonyl (C=O) groups excluding carboxylic acids is 1. The summed E-state index contributed by atoms with van der Waals surface area (Å²) >= 11 is 0. The standard InChI is InChI=1S/C30H48O2/c1-19(2)21-17-26(32-27(31)18-21)20(3)23-12-13-24-25-11-10-22-9-7-8-14-29(22,5)30(25,6)16-15-28(23,24)4/h12,19-22,24-26H,7-11,13-18H2,1-6H3/t20?,21?,22?,24?,25?,26?,28-,29+,30+/m1/s1. The number of carbonyl (C=O) groups is 1. The Morgan fingerprint density at radius 3 is 2.47 bits per heavy atom. The molecule has 0 aromatic carbocycles. The normalized spacial score (nSPS) is 49.5. The first-order valence-corrected chi connectivity index (χ1v) is 14.0. The molecule has 0 N–H and O–H groups in total. The van der Waals surface area contributed by atoms with Gasteiger partial charge in [-0.25, -0.2) is 0 Å². The number of ether oxygens (including phenoxy) is 1. The van der Waals surface area contributed by atoms with Gasteiger partial charge in [0.1, 0.15) is 6.10 Å². The van der Waals surface area contributed by atoms with Gasteiger partial charge in [0.25, 0.3) is 0 Å². The molecule has 4 aliphatic carbocycles. The maximum Gasteiger partial charge on any atom is 0.306 e. The van der Waals surface area contributed by atoms with Crippen molar-refractivity contribution in [2.45, 2.75) is 118 Å². The Labute approximate surface area is 197 Å². The molecule has 2 nitrogen and oxygen atoms in total. The van der Waals surface area contributed by atoms with E-state index < -0.39 is 0 Å². The molecule has 1 aliphatic heterocycles. The van der Waals surface area contributed by atoms with Crippen LogP contribution in [0, 0.1) is 51.8 Å². The summed E-state index contributed by atoms with van der Waals surface area (Å²) in [6.07, 6.45) is 17.1. The van der Waals surface area contributed by atoms with Crippen molar-refractivity contribution in [1.82, 2.24) is 0 Å². The second-order valence-corrected chi connectivity index (χ2v) is 13.6. The highest BCUT2D eigenvalue weighted by Gasteiger charge is 2.64. The minimum Gasteiger partial charge on any atom is -0.462 e. The molecule has 0 amide bonds. The quantitative estimate of drug-likeness (QED) is 0.329. The van der Waals surface area contributed by atoms with E-state index in [0.717, 1.165) is 24.2 Å². The average molecular weight is 441 g/mol. The van der Waals surface area contributed by atoms with Gasteiger partial charge in [-0.1, -0.05) is 66.0 Å². The van der Waals surface area contributed by atoms with Crippen LogP contribution in [0.25, 0.3) is 0 Å². The molecule has 5 aliphatic rings. The van der Waals surface area contributed by atoms with Crippen LogP contribution in [0.1, 0.15) is 112 Å². The van der Waals surface area contributed by atoms with E-state index in [0.29, 0.717) is 40.4 Å². The fraction of sp³-hybridized carbons (Fsp3) is 0.900. The molecule has 1 saturated heterocycles. The van der Waals surface area contributed by atoms with Crippen LogP contribution in [0.3, 0.4) is 0 Å². The van der Waals surface area contributed by atoms with Gasteiger partial charge in [0.15, 0.2) is 0 Å². The Balaban J connectivity index is 1.38. The van der Waals surface area contributed by atoms with Crippen molar-refractivity contribution in [3.63, 3.8) is 0 Å². The SMILES string of the molecule is CC(C)C1CC(=O)OC(C(C)C2=CCC3C4CCC5CCCC[C@]5(C)[C@@]4(C)CC[C@]23C)C1. The van der Waals surface area contributed by atoms with E-state index in [-0.39, 0.29) is 12.1 Å². The van der Waals surface area contributed by atoms with Crippen molar-refractivity contribution >= 4 is 5.97 Å². The fourth-order valence-electron chi connectivity index (χ4n) is 9.86. The highest BCUT2D eigenvalue weighted by atomic mass is 16.5. The molecule has 0 aromatic rings. The summed E-state index contributed by atoms with van der Waals surface area (Å²) in [4.78, 5) is 12.4. The number of hydrogen-bond acceptors (Lipinski definition) is 2. The second kappa shape index (κ2) is 7.88. The minimum atomic E-state index is 0.0341. The lowest BCUT2D eigenvalue weighted by atomic mass is 9.38. The lowest BCUT2D eigenvalue weighted by Crippen LogP contribution is -2.59. The zero-order valence-electron chi connectivity index (χ0n) is 21.7. The first kappa shape index (κ1) is 23.0. The molecule has 4 fully saturated rings. The van der Waals surface area contributed by atoms with Gasteiger partial charge in [-0.15, -0.1) is 0 Å². The molecule has 3 saturated carbocycles. The minimum absolute atomic E-state index is 0.0341.